The minimum Gasteiger partial charge on any atom is -0.429 e. The molecule has 0 spiro atoms. The van der Waals surface area contributed by atoms with Crippen molar-refractivity contribution in [2.45, 2.75) is 32.3 Å². The molecule has 4 aromatic rings. The Bertz CT molecular complexity index is 1570. The highest BCUT2D eigenvalue weighted by Gasteiger charge is 2.38. The summed E-state index contributed by atoms with van der Waals surface area (Å²) >= 11 is 0. The molecule has 4 aromatic carbocycles. The van der Waals surface area contributed by atoms with Gasteiger partial charge in [-0.3, -0.25) is 0 Å². The zero-order valence-electron chi connectivity index (χ0n) is 21.4. The molecule has 0 aliphatic carbocycles. The van der Waals surface area contributed by atoms with Crippen molar-refractivity contribution >= 4 is 5.83 Å². The fourth-order valence-corrected chi connectivity index (χ4v) is 4.05. The van der Waals surface area contributed by atoms with Gasteiger partial charge in [0, 0.05) is 29.7 Å². The highest BCUT2D eigenvalue weighted by Crippen LogP contribution is 2.37. The summed E-state index contributed by atoms with van der Waals surface area (Å²) in [5.41, 5.74) is -0.663. The number of halogens is 9. The maximum Gasteiger partial charge on any atom is 0.429 e. The third-order valence-corrected chi connectivity index (χ3v) is 6.23. The van der Waals surface area contributed by atoms with E-state index < -0.39 is 58.2 Å². The Kier molecular flexibility index (Phi) is 8.80. The lowest BCUT2D eigenvalue weighted by Crippen LogP contribution is -2.23. The Morgan fingerprint density at radius 2 is 1.27 bits per heavy atom. The largest absolute Gasteiger partial charge is 0.429 e. The molecule has 0 unspecified atom stereocenters. The average molecular weight is 580 g/mol. The number of alkyl halides is 2. The van der Waals surface area contributed by atoms with Crippen molar-refractivity contribution in [3.63, 3.8) is 0 Å². The summed E-state index contributed by atoms with van der Waals surface area (Å²) in [5.74, 6) is -10.7. The van der Waals surface area contributed by atoms with Crippen molar-refractivity contribution in [3.8, 4) is 28.0 Å². The molecule has 0 radical (unpaired) electrons. The van der Waals surface area contributed by atoms with Gasteiger partial charge in [-0.05, 0) is 41.3 Å². The number of hydrogen-bond acceptors (Lipinski definition) is 1. The van der Waals surface area contributed by atoms with E-state index in [0.717, 1.165) is 12.1 Å². The molecule has 41 heavy (non-hydrogen) atoms. The highest BCUT2D eigenvalue weighted by atomic mass is 19.3. The third-order valence-electron chi connectivity index (χ3n) is 6.23. The standard InChI is InChI=1S/C31H21F9O/c1-2-3-4-24(32)29(37)18-7-5-17(6-8-18)19-9-11-22(25(33)13-19)20-10-12-23(26(34)14-20)31(39,40)41-21-15-27(35)30(38)28(36)16-21/h5-16H,2-4H2,1H3. The van der Waals surface area contributed by atoms with Gasteiger partial charge in [0.15, 0.2) is 23.3 Å². The zero-order chi connectivity index (χ0) is 29.9. The molecular formula is C31H21F9O. The lowest BCUT2D eigenvalue weighted by molar-refractivity contribution is -0.187. The second kappa shape index (κ2) is 12.1. The van der Waals surface area contributed by atoms with Crippen LogP contribution < -0.4 is 4.74 Å². The van der Waals surface area contributed by atoms with Gasteiger partial charge in [0.05, 0.1) is 5.56 Å². The van der Waals surface area contributed by atoms with Crippen LogP contribution in [-0.4, -0.2) is 0 Å². The summed E-state index contributed by atoms with van der Waals surface area (Å²) in [6, 6.07) is 12.2. The summed E-state index contributed by atoms with van der Waals surface area (Å²) in [6.07, 6.45) is -3.22. The Hall–Kier alpha value is -4.21. The van der Waals surface area contributed by atoms with E-state index in [4.69, 9.17) is 0 Å². The van der Waals surface area contributed by atoms with Gasteiger partial charge in [0.1, 0.15) is 23.2 Å². The van der Waals surface area contributed by atoms with Crippen LogP contribution >= 0.6 is 0 Å². The summed E-state index contributed by atoms with van der Waals surface area (Å²) in [6.45, 7) is 1.86. The predicted octanol–water partition coefficient (Wildman–Crippen LogP) is 10.6. The minimum atomic E-state index is -4.42. The van der Waals surface area contributed by atoms with E-state index in [9.17, 15) is 35.1 Å². The molecule has 0 bridgehead atoms. The number of allylic oxidation sites excluding steroid dienone is 1. The molecular weight excluding hydrogens is 559 g/mol. The molecule has 0 amide bonds. The van der Waals surface area contributed by atoms with Gasteiger partial charge in [-0.1, -0.05) is 55.8 Å². The SMILES string of the molecule is CCCCC(F)=C(F)c1ccc(-c2ccc(-c3ccc(C(F)(F)Oc4cc(F)c(F)c(F)c4)c(F)c3)c(F)c2)cc1. The van der Waals surface area contributed by atoms with Crippen molar-refractivity contribution in [2.75, 3.05) is 0 Å². The monoisotopic (exact) mass is 580 g/mol. The second-order valence-corrected chi connectivity index (χ2v) is 9.11. The molecule has 1 nitrogen and oxygen atoms in total. The first-order chi connectivity index (χ1) is 19.4. The van der Waals surface area contributed by atoms with E-state index in [-0.39, 0.29) is 35.2 Å². The van der Waals surface area contributed by atoms with Crippen LogP contribution in [0, 0.1) is 29.1 Å². The van der Waals surface area contributed by atoms with Gasteiger partial charge < -0.3 is 4.74 Å². The first-order valence-electron chi connectivity index (χ1n) is 12.4. The molecule has 0 saturated heterocycles. The van der Waals surface area contributed by atoms with Crippen molar-refractivity contribution in [1.29, 1.82) is 0 Å². The number of hydrogen-bond donors (Lipinski definition) is 0. The molecule has 0 saturated carbocycles. The Labute approximate surface area is 229 Å². The summed E-state index contributed by atoms with van der Waals surface area (Å²) in [4.78, 5) is 0. The van der Waals surface area contributed by atoms with E-state index in [1.165, 1.54) is 36.4 Å². The van der Waals surface area contributed by atoms with Gasteiger partial charge >= 0.3 is 6.11 Å². The van der Waals surface area contributed by atoms with E-state index in [2.05, 4.69) is 4.74 Å². The number of benzene rings is 4. The first kappa shape index (κ1) is 29.8. The van der Waals surface area contributed by atoms with E-state index >= 15 is 4.39 Å². The van der Waals surface area contributed by atoms with Crippen LogP contribution in [0.1, 0.15) is 37.3 Å². The number of ether oxygens (including phenoxy) is 1. The van der Waals surface area contributed by atoms with Crippen molar-refractivity contribution in [3.05, 3.63) is 119 Å². The highest BCUT2D eigenvalue weighted by molar-refractivity contribution is 5.73. The zero-order valence-corrected chi connectivity index (χ0v) is 21.4. The van der Waals surface area contributed by atoms with Crippen LogP contribution in [0.25, 0.3) is 28.1 Å². The Balaban J connectivity index is 1.55. The fourth-order valence-electron chi connectivity index (χ4n) is 4.05. The van der Waals surface area contributed by atoms with Crippen molar-refractivity contribution in [1.82, 2.24) is 0 Å². The number of unbranched alkanes of at least 4 members (excludes halogenated alkanes) is 1. The van der Waals surface area contributed by atoms with Crippen LogP contribution in [-0.2, 0) is 6.11 Å². The Morgan fingerprint density at radius 1 is 0.683 bits per heavy atom. The lowest BCUT2D eigenvalue weighted by atomic mass is 9.97. The van der Waals surface area contributed by atoms with Gasteiger partial charge in [-0.15, -0.1) is 0 Å². The topological polar surface area (TPSA) is 9.23 Å². The molecule has 0 heterocycles. The molecule has 0 aromatic heterocycles. The predicted molar refractivity (Wildman–Crippen MR) is 137 cm³/mol. The Morgan fingerprint density at radius 3 is 1.85 bits per heavy atom. The van der Waals surface area contributed by atoms with E-state index in [1.807, 2.05) is 6.92 Å². The van der Waals surface area contributed by atoms with Crippen LogP contribution in [0.4, 0.5) is 39.5 Å². The van der Waals surface area contributed by atoms with E-state index in [1.54, 1.807) is 0 Å². The average Bonchev–Trinajstić information content (AvgIpc) is 2.93. The van der Waals surface area contributed by atoms with Crippen molar-refractivity contribution in [2.24, 2.45) is 0 Å². The molecule has 0 aliphatic rings. The normalized spacial score (nSPS) is 12.3. The van der Waals surface area contributed by atoms with Gasteiger partial charge in [-0.25, -0.2) is 30.7 Å². The van der Waals surface area contributed by atoms with Crippen LogP contribution in [0.3, 0.4) is 0 Å². The molecule has 0 fully saturated rings. The van der Waals surface area contributed by atoms with Crippen LogP contribution in [0.5, 0.6) is 5.75 Å². The van der Waals surface area contributed by atoms with Crippen LogP contribution in [0.15, 0.2) is 78.6 Å². The fraction of sp³-hybridized carbons (Fsp3) is 0.161. The van der Waals surface area contributed by atoms with Gasteiger partial charge in [-0.2, -0.15) is 8.78 Å². The molecule has 214 valence electrons. The summed E-state index contributed by atoms with van der Waals surface area (Å²) < 4.78 is 131. The smallest absolute Gasteiger partial charge is 0.429 e. The summed E-state index contributed by atoms with van der Waals surface area (Å²) in [5, 5.41) is 0. The second-order valence-electron chi connectivity index (χ2n) is 9.11. The molecule has 0 N–H and O–H groups in total. The van der Waals surface area contributed by atoms with Gasteiger partial charge in [0.2, 0.25) is 0 Å². The maximum absolute atomic E-state index is 15.0. The maximum atomic E-state index is 15.0. The quantitative estimate of drug-likeness (QED) is 0.141. The van der Waals surface area contributed by atoms with Gasteiger partial charge in [0.25, 0.3) is 0 Å². The molecule has 10 heteroatoms. The molecule has 0 aliphatic heterocycles. The van der Waals surface area contributed by atoms with E-state index in [0.29, 0.717) is 36.1 Å². The first-order valence-corrected chi connectivity index (χ1v) is 12.4. The number of rotatable bonds is 9. The third kappa shape index (κ3) is 6.58. The molecule has 0 atom stereocenters. The lowest BCUT2D eigenvalue weighted by Gasteiger charge is -2.19. The minimum absolute atomic E-state index is 0.0167. The van der Waals surface area contributed by atoms with Crippen LogP contribution in [0.2, 0.25) is 0 Å². The summed E-state index contributed by atoms with van der Waals surface area (Å²) in [7, 11) is 0. The molecule has 4 rings (SSSR count). The van der Waals surface area contributed by atoms with Crippen molar-refractivity contribution < 1.29 is 44.3 Å².